The number of sulfonamides is 1. The zero-order valence-corrected chi connectivity index (χ0v) is 16.8. The second-order valence-electron chi connectivity index (χ2n) is 6.16. The van der Waals surface area contributed by atoms with Gasteiger partial charge in [-0.15, -0.1) is 0 Å². The van der Waals surface area contributed by atoms with Gasteiger partial charge in [-0.1, -0.05) is 29.0 Å². The van der Waals surface area contributed by atoms with E-state index in [1.165, 1.54) is 29.9 Å². The number of fused-ring (bicyclic) bond motifs is 1. The summed E-state index contributed by atoms with van der Waals surface area (Å²) in [6, 6.07) is 11.7. The first-order chi connectivity index (χ1) is 13.9. The summed E-state index contributed by atoms with van der Waals surface area (Å²) in [6.45, 7) is 1.89. The van der Waals surface area contributed by atoms with Gasteiger partial charge < -0.3 is 5.32 Å². The lowest BCUT2D eigenvalue weighted by Crippen LogP contribution is -2.13. The smallest absolute Gasteiger partial charge is 0.275 e. The number of amides is 1. The standard InChI is InChI=1S/C19H15N5O3S2/c1-12-2-5-14(6-3-12)29(26,27)24-19-23-15-7-4-13(10-17(15)28-19)22-18(25)16-11-20-8-9-21-16/h2-11H,1H3,(H,22,25)(H,23,24). The van der Waals surface area contributed by atoms with Gasteiger partial charge in [0.1, 0.15) is 5.69 Å². The maximum absolute atomic E-state index is 12.5. The lowest BCUT2D eigenvalue weighted by atomic mass is 10.2. The van der Waals surface area contributed by atoms with Crippen LogP contribution in [0.5, 0.6) is 0 Å². The van der Waals surface area contributed by atoms with Crippen molar-refractivity contribution in [3.05, 3.63) is 72.3 Å². The van der Waals surface area contributed by atoms with Gasteiger partial charge in [0.15, 0.2) is 5.13 Å². The first-order valence-electron chi connectivity index (χ1n) is 8.48. The lowest BCUT2D eigenvalue weighted by molar-refractivity contribution is 0.102. The van der Waals surface area contributed by atoms with Crippen molar-refractivity contribution in [1.29, 1.82) is 0 Å². The third kappa shape index (κ3) is 4.23. The van der Waals surface area contributed by atoms with Crippen LogP contribution in [0.4, 0.5) is 10.8 Å². The van der Waals surface area contributed by atoms with Crippen LogP contribution in [-0.4, -0.2) is 29.3 Å². The molecule has 0 saturated carbocycles. The Morgan fingerprint density at radius 3 is 2.59 bits per heavy atom. The third-order valence-electron chi connectivity index (χ3n) is 4.00. The topological polar surface area (TPSA) is 114 Å². The van der Waals surface area contributed by atoms with E-state index in [1.54, 1.807) is 42.5 Å². The van der Waals surface area contributed by atoms with Crippen molar-refractivity contribution >= 4 is 48.3 Å². The fourth-order valence-electron chi connectivity index (χ4n) is 2.55. The first-order valence-corrected chi connectivity index (χ1v) is 10.8. The van der Waals surface area contributed by atoms with E-state index in [2.05, 4.69) is 25.0 Å². The maximum atomic E-state index is 12.5. The van der Waals surface area contributed by atoms with Gasteiger partial charge in [-0.25, -0.2) is 18.4 Å². The zero-order valence-electron chi connectivity index (χ0n) is 15.2. The molecular formula is C19H15N5O3S2. The minimum atomic E-state index is -3.73. The zero-order chi connectivity index (χ0) is 20.4. The molecule has 0 aliphatic heterocycles. The average Bonchev–Trinajstić information content (AvgIpc) is 3.09. The van der Waals surface area contributed by atoms with Gasteiger partial charge in [0.2, 0.25) is 0 Å². The number of rotatable bonds is 5. The van der Waals surface area contributed by atoms with E-state index in [1.807, 2.05) is 6.92 Å². The molecule has 4 rings (SSSR count). The number of nitrogens with zero attached hydrogens (tertiary/aromatic N) is 3. The molecule has 0 saturated heterocycles. The van der Waals surface area contributed by atoms with Gasteiger partial charge in [-0.3, -0.25) is 14.5 Å². The molecule has 8 nitrogen and oxygen atoms in total. The molecule has 10 heteroatoms. The summed E-state index contributed by atoms with van der Waals surface area (Å²) in [7, 11) is -3.73. The predicted molar refractivity (Wildman–Crippen MR) is 112 cm³/mol. The SMILES string of the molecule is Cc1ccc(S(=O)(=O)Nc2nc3ccc(NC(=O)c4cnccn4)cc3s2)cc1. The van der Waals surface area contributed by atoms with Crippen LogP contribution in [0.25, 0.3) is 10.2 Å². The lowest BCUT2D eigenvalue weighted by Gasteiger charge is -2.04. The van der Waals surface area contributed by atoms with E-state index in [-0.39, 0.29) is 21.6 Å². The Morgan fingerprint density at radius 1 is 1.07 bits per heavy atom. The van der Waals surface area contributed by atoms with Gasteiger partial charge >= 0.3 is 0 Å². The minimum absolute atomic E-state index is 0.166. The highest BCUT2D eigenvalue weighted by atomic mass is 32.2. The Hall–Kier alpha value is -3.37. The van der Waals surface area contributed by atoms with Crippen molar-refractivity contribution in [2.45, 2.75) is 11.8 Å². The highest BCUT2D eigenvalue weighted by Crippen LogP contribution is 2.30. The van der Waals surface area contributed by atoms with Crippen molar-refractivity contribution in [2.24, 2.45) is 0 Å². The normalized spacial score (nSPS) is 11.3. The van der Waals surface area contributed by atoms with E-state index in [4.69, 9.17) is 0 Å². The molecule has 2 aromatic carbocycles. The second-order valence-corrected chi connectivity index (χ2v) is 8.88. The number of hydrogen-bond acceptors (Lipinski definition) is 7. The van der Waals surface area contributed by atoms with Gasteiger partial charge in [-0.2, -0.15) is 0 Å². The number of hydrogen-bond donors (Lipinski definition) is 2. The fraction of sp³-hybridized carbons (Fsp3) is 0.0526. The molecule has 0 spiro atoms. The molecule has 29 heavy (non-hydrogen) atoms. The summed E-state index contributed by atoms with van der Waals surface area (Å²) in [4.78, 5) is 24.5. The molecule has 0 aliphatic rings. The van der Waals surface area contributed by atoms with E-state index in [0.29, 0.717) is 11.2 Å². The van der Waals surface area contributed by atoms with E-state index >= 15 is 0 Å². The Labute approximate surface area is 170 Å². The Morgan fingerprint density at radius 2 is 1.86 bits per heavy atom. The molecule has 0 bridgehead atoms. The van der Waals surface area contributed by atoms with Crippen molar-refractivity contribution in [1.82, 2.24) is 15.0 Å². The Kier molecular flexibility index (Phi) is 4.95. The fourth-order valence-corrected chi connectivity index (χ4v) is 4.69. The quantitative estimate of drug-likeness (QED) is 0.506. The number of thiazole rings is 1. The largest absolute Gasteiger partial charge is 0.321 e. The molecule has 2 N–H and O–H groups in total. The molecule has 0 fully saturated rings. The van der Waals surface area contributed by atoms with Crippen LogP contribution in [0.1, 0.15) is 16.1 Å². The van der Waals surface area contributed by atoms with Crippen molar-refractivity contribution in [3.63, 3.8) is 0 Å². The van der Waals surface area contributed by atoms with Crippen LogP contribution in [0, 0.1) is 6.92 Å². The van der Waals surface area contributed by atoms with Crippen molar-refractivity contribution in [2.75, 3.05) is 10.0 Å². The number of anilines is 2. The molecule has 0 unspecified atom stereocenters. The van der Waals surface area contributed by atoms with E-state index < -0.39 is 10.0 Å². The molecule has 4 aromatic rings. The molecule has 0 atom stereocenters. The monoisotopic (exact) mass is 425 g/mol. The van der Waals surface area contributed by atoms with Crippen molar-refractivity contribution < 1.29 is 13.2 Å². The summed E-state index contributed by atoms with van der Waals surface area (Å²) >= 11 is 1.18. The number of aryl methyl sites for hydroxylation is 1. The molecule has 2 aromatic heterocycles. The number of carbonyl (C=O) groups excluding carboxylic acids is 1. The van der Waals surface area contributed by atoms with Gasteiger partial charge in [0.25, 0.3) is 15.9 Å². The predicted octanol–water partition coefficient (Wildman–Crippen LogP) is 3.45. The molecule has 2 heterocycles. The average molecular weight is 425 g/mol. The minimum Gasteiger partial charge on any atom is -0.321 e. The van der Waals surface area contributed by atoms with Gasteiger partial charge in [-0.05, 0) is 37.3 Å². The number of benzene rings is 2. The number of carbonyl (C=O) groups is 1. The summed E-state index contributed by atoms with van der Waals surface area (Å²) in [6.07, 6.45) is 4.30. The van der Waals surface area contributed by atoms with Crippen LogP contribution in [0.2, 0.25) is 0 Å². The molecular weight excluding hydrogens is 410 g/mol. The van der Waals surface area contributed by atoms with Gasteiger partial charge in [0, 0.05) is 18.1 Å². The first kappa shape index (κ1) is 19.0. The molecule has 0 radical (unpaired) electrons. The van der Waals surface area contributed by atoms with Crippen LogP contribution >= 0.6 is 11.3 Å². The Bertz CT molecular complexity index is 1290. The van der Waals surface area contributed by atoms with Crippen LogP contribution in [0.3, 0.4) is 0 Å². The van der Waals surface area contributed by atoms with Crippen LogP contribution < -0.4 is 10.0 Å². The molecule has 1 amide bonds. The van der Waals surface area contributed by atoms with Crippen molar-refractivity contribution in [3.8, 4) is 0 Å². The highest BCUT2D eigenvalue weighted by molar-refractivity contribution is 7.93. The van der Waals surface area contributed by atoms with E-state index in [9.17, 15) is 13.2 Å². The van der Waals surface area contributed by atoms with Gasteiger partial charge in [0.05, 0.1) is 21.3 Å². The summed E-state index contributed by atoms with van der Waals surface area (Å²) in [5.74, 6) is -0.387. The summed E-state index contributed by atoms with van der Waals surface area (Å²) < 4.78 is 28.3. The molecule has 146 valence electrons. The van der Waals surface area contributed by atoms with E-state index in [0.717, 1.165) is 10.3 Å². The maximum Gasteiger partial charge on any atom is 0.275 e. The Balaban J connectivity index is 1.55. The molecule has 0 aliphatic carbocycles. The third-order valence-corrected chi connectivity index (χ3v) is 6.41. The number of aromatic nitrogens is 3. The van der Waals surface area contributed by atoms with Crippen LogP contribution in [0.15, 0.2) is 66.0 Å². The highest BCUT2D eigenvalue weighted by Gasteiger charge is 2.17. The summed E-state index contributed by atoms with van der Waals surface area (Å²) in [5, 5.41) is 2.99. The van der Waals surface area contributed by atoms with Crippen LogP contribution in [-0.2, 0) is 10.0 Å². The second kappa shape index (κ2) is 7.57. The number of nitrogens with one attached hydrogen (secondary N) is 2. The summed E-state index contributed by atoms with van der Waals surface area (Å²) in [5.41, 5.74) is 2.34.